The maximum absolute atomic E-state index is 12.1. The van der Waals surface area contributed by atoms with Crippen molar-refractivity contribution in [3.8, 4) is 0 Å². The molecule has 0 amide bonds. The quantitative estimate of drug-likeness (QED) is 0.576. The van der Waals surface area contributed by atoms with Crippen LogP contribution in [0, 0.1) is 5.82 Å². The Hall–Kier alpha value is -0.700. The second-order valence-corrected chi connectivity index (χ2v) is 2.60. The van der Waals surface area contributed by atoms with Gasteiger partial charge in [-0.3, -0.25) is 0 Å². The normalized spacial score (nSPS) is 9.44. The van der Waals surface area contributed by atoms with Gasteiger partial charge in [0.2, 0.25) is 0 Å². The Kier molecular flexibility index (Phi) is 1.95. The molecule has 0 aromatic carbocycles. The molecule has 1 aromatic rings. The third-order valence-electron chi connectivity index (χ3n) is 0.906. The van der Waals surface area contributed by atoms with E-state index in [2.05, 4.69) is 0 Å². The summed E-state index contributed by atoms with van der Waals surface area (Å²) in [6, 6.07) is 1.37. The average Bonchev–Trinajstić information content (AvgIpc) is 2.17. The highest BCUT2D eigenvalue weighted by atomic mass is 32.1. The van der Waals surface area contributed by atoms with Gasteiger partial charge in [0.1, 0.15) is 12.1 Å². The van der Waals surface area contributed by atoms with Crippen LogP contribution in [0.15, 0.2) is 11.4 Å². The summed E-state index contributed by atoms with van der Waals surface area (Å²) < 4.78 is 12.1. The number of hydrogen-bond donors (Lipinski definition) is 0. The van der Waals surface area contributed by atoms with Crippen molar-refractivity contribution in [3.63, 3.8) is 0 Å². The van der Waals surface area contributed by atoms with Crippen LogP contribution in [0.1, 0.15) is 4.88 Å². The molecule has 9 heavy (non-hydrogen) atoms. The lowest BCUT2D eigenvalue weighted by Crippen LogP contribution is -1.77. The Labute approximate surface area is 56.1 Å². The summed E-state index contributed by atoms with van der Waals surface area (Å²) in [6.45, 7) is 0. The van der Waals surface area contributed by atoms with Gasteiger partial charge in [-0.2, -0.15) is 0 Å². The zero-order valence-electron chi connectivity index (χ0n) is 4.63. The third kappa shape index (κ3) is 1.61. The highest BCUT2D eigenvalue weighted by Crippen LogP contribution is 2.12. The molecular weight excluding hydrogens is 139 g/mol. The first-order chi connectivity index (χ1) is 4.33. The first kappa shape index (κ1) is 6.42. The van der Waals surface area contributed by atoms with Gasteiger partial charge in [0.05, 0.1) is 0 Å². The lowest BCUT2D eigenvalue weighted by molar-refractivity contribution is -0.107. The smallest absolute Gasteiger partial charge is 0.134 e. The summed E-state index contributed by atoms with van der Waals surface area (Å²) in [5.41, 5.74) is 0. The van der Waals surface area contributed by atoms with Crippen molar-refractivity contribution in [1.29, 1.82) is 0 Å². The molecule has 0 radical (unpaired) electrons. The monoisotopic (exact) mass is 144 g/mol. The Balaban J connectivity index is 2.72. The highest BCUT2D eigenvalue weighted by molar-refractivity contribution is 7.10. The molecule has 0 atom stereocenters. The molecule has 1 heterocycles. The van der Waals surface area contributed by atoms with Crippen LogP contribution in [0.3, 0.4) is 0 Å². The first-order valence-electron chi connectivity index (χ1n) is 2.49. The van der Waals surface area contributed by atoms with Crippen LogP contribution in [0.5, 0.6) is 0 Å². The molecule has 1 nitrogen and oxygen atoms in total. The van der Waals surface area contributed by atoms with Gasteiger partial charge in [-0.05, 0) is 6.07 Å². The second-order valence-electron chi connectivity index (χ2n) is 1.60. The Morgan fingerprint density at radius 2 is 2.56 bits per heavy atom. The summed E-state index contributed by atoms with van der Waals surface area (Å²) in [5.74, 6) is -0.253. The number of carbonyl (C=O) groups excluding carboxylic acids is 1. The molecule has 0 N–H and O–H groups in total. The van der Waals surface area contributed by atoms with Crippen molar-refractivity contribution in [2.75, 3.05) is 0 Å². The molecule has 0 aliphatic carbocycles. The topological polar surface area (TPSA) is 17.1 Å². The zero-order chi connectivity index (χ0) is 6.69. The maximum Gasteiger partial charge on any atom is 0.134 e. The van der Waals surface area contributed by atoms with Gasteiger partial charge >= 0.3 is 0 Å². The molecule has 0 fully saturated rings. The van der Waals surface area contributed by atoms with E-state index in [9.17, 15) is 9.18 Å². The number of hydrogen-bond acceptors (Lipinski definition) is 2. The number of carbonyl (C=O) groups is 1. The van der Waals surface area contributed by atoms with Crippen LogP contribution in [-0.4, -0.2) is 6.29 Å². The van der Waals surface area contributed by atoms with Gasteiger partial charge in [-0.25, -0.2) is 4.39 Å². The molecule has 0 saturated carbocycles. The zero-order valence-corrected chi connectivity index (χ0v) is 5.45. The fourth-order valence-corrected chi connectivity index (χ4v) is 1.22. The molecule has 0 aliphatic rings. The third-order valence-corrected chi connectivity index (χ3v) is 1.84. The van der Waals surface area contributed by atoms with Gasteiger partial charge in [0.25, 0.3) is 0 Å². The number of halogens is 1. The summed E-state index contributed by atoms with van der Waals surface area (Å²) in [7, 11) is 0. The van der Waals surface area contributed by atoms with E-state index in [-0.39, 0.29) is 5.82 Å². The minimum Gasteiger partial charge on any atom is -0.303 e. The molecular formula is C6H5FOS. The van der Waals surface area contributed by atoms with Crippen LogP contribution in [0.2, 0.25) is 0 Å². The molecule has 0 saturated heterocycles. The van der Waals surface area contributed by atoms with E-state index in [0.29, 0.717) is 6.42 Å². The molecule has 0 aliphatic heterocycles. The van der Waals surface area contributed by atoms with E-state index in [0.717, 1.165) is 11.2 Å². The van der Waals surface area contributed by atoms with Crippen molar-refractivity contribution < 1.29 is 9.18 Å². The minimum absolute atomic E-state index is 0.253. The summed E-state index contributed by atoms with van der Waals surface area (Å²) >= 11 is 1.27. The Bertz CT molecular complexity index is 207. The SMILES string of the molecule is O=CCc1cc(F)cs1. The molecule has 0 spiro atoms. The second kappa shape index (κ2) is 2.73. The van der Waals surface area contributed by atoms with Crippen molar-refractivity contribution in [3.05, 3.63) is 22.1 Å². The summed E-state index contributed by atoms with van der Waals surface area (Å²) in [4.78, 5) is 10.6. The fraction of sp³-hybridized carbons (Fsp3) is 0.167. The molecule has 0 unspecified atom stereocenters. The lowest BCUT2D eigenvalue weighted by Gasteiger charge is -1.78. The molecule has 1 rings (SSSR count). The fourth-order valence-electron chi connectivity index (χ4n) is 0.543. The predicted octanol–water partition coefficient (Wildman–Crippen LogP) is 1.63. The van der Waals surface area contributed by atoms with Crippen LogP contribution < -0.4 is 0 Å². The van der Waals surface area contributed by atoms with E-state index in [1.165, 1.54) is 22.8 Å². The average molecular weight is 144 g/mol. The van der Waals surface area contributed by atoms with Crippen LogP contribution in [0.4, 0.5) is 4.39 Å². The minimum atomic E-state index is -0.253. The largest absolute Gasteiger partial charge is 0.303 e. The summed E-state index contributed by atoms with van der Waals surface area (Å²) in [5, 5.41) is 1.39. The molecule has 0 bridgehead atoms. The van der Waals surface area contributed by atoms with Gasteiger partial charge < -0.3 is 4.79 Å². The predicted molar refractivity (Wildman–Crippen MR) is 34.0 cm³/mol. The number of rotatable bonds is 2. The van der Waals surface area contributed by atoms with Gasteiger partial charge in [0.15, 0.2) is 0 Å². The van der Waals surface area contributed by atoms with Gasteiger partial charge in [-0.1, -0.05) is 0 Å². The van der Waals surface area contributed by atoms with Gasteiger partial charge in [-0.15, -0.1) is 11.3 Å². The van der Waals surface area contributed by atoms with Crippen molar-refractivity contribution >= 4 is 17.6 Å². The Morgan fingerprint density at radius 3 is 3.00 bits per heavy atom. The standard InChI is InChI=1S/C6H5FOS/c7-5-3-6(1-2-8)9-4-5/h2-4H,1H2. The van der Waals surface area contributed by atoms with Crippen molar-refractivity contribution in [1.82, 2.24) is 0 Å². The van der Waals surface area contributed by atoms with Crippen LogP contribution >= 0.6 is 11.3 Å². The molecule has 48 valence electrons. The van der Waals surface area contributed by atoms with Crippen molar-refractivity contribution in [2.24, 2.45) is 0 Å². The maximum atomic E-state index is 12.1. The van der Waals surface area contributed by atoms with Crippen LogP contribution in [0.25, 0.3) is 0 Å². The van der Waals surface area contributed by atoms with E-state index in [1.807, 2.05) is 0 Å². The van der Waals surface area contributed by atoms with E-state index in [1.54, 1.807) is 0 Å². The Morgan fingerprint density at radius 1 is 1.78 bits per heavy atom. The van der Waals surface area contributed by atoms with E-state index in [4.69, 9.17) is 0 Å². The number of thiophene rings is 1. The molecule has 3 heteroatoms. The molecule has 1 aromatic heterocycles. The summed E-state index contributed by atoms with van der Waals surface area (Å²) in [6.07, 6.45) is 1.10. The van der Waals surface area contributed by atoms with E-state index < -0.39 is 0 Å². The van der Waals surface area contributed by atoms with E-state index >= 15 is 0 Å². The number of aldehydes is 1. The lowest BCUT2D eigenvalue weighted by atomic mass is 10.4. The van der Waals surface area contributed by atoms with Gasteiger partial charge in [0, 0.05) is 16.7 Å². The first-order valence-corrected chi connectivity index (χ1v) is 3.37. The van der Waals surface area contributed by atoms with Crippen molar-refractivity contribution in [2.45, 2.75) is 6.42 Å². The van der Waals surface area contributed by atoms with Crippen LogP contribution in [-0.2, 0) is 11.2 Å². The highest BCUT2D eigenvalue weighted by Gasteiger charge is 1.95.